The minimum Gasteiger partial charge on any atom is -0.279 e. The van der Waals surface area contributed by atoms with Crippen LogP contribution in [0.15, 0.2) is 0 Å². The van der Waals surface area contributed by atoms with E-state index in [1.54, 1.807) is 0 Å². The van der Waals surface area contributed by atoms with Gasteiger partial charge < -0.3 is 0 Å². The molecule has 0 heterocycles. The van der Waals surface area contributed by atoms with Gasteiger partial charge in [-0.3, -0.25) is 9.11 Å². The van der Waals surface area contributed by atoms with E-state index in [0.717, 1.165) is 0 Å². The van der Waals surface area contributed by atoms with E-state index >= 15 is 0 Å². The first-order chi connectivity index (χ1) is 6.50. The van der Waals surface area contributed by atoms with Crippen LogP contribution in [0, 0.1) is 0 Å². The fraction of sp³-hybridized carbons (Fsp3) is 1.00. The van der Waals surface area contributed by atoms with E-state index in [4.69, 9.17) is 25.9 Å². The topological polar surface area (TPSA) is 109 Å². The molecule has 4 radical (unpaired) electrons. The maximum Gasteiger partial charge on any atom is 0.522 e. The molecule has 0 aliphatic rings. The summed E-state index contributed by atoms with van der Waals surface area (Å²) in [6, 6.07) is 0. The summed E-state index contributed by atoms with van der Waals surface area (Å²) in [6.45, 7) is 0. The molecule has 0 saturated carbocycles. The summed E-state index contributed by atoms with van der Waals surface area (Å²) >= 11 is 0. The minimum absolute atomic E-state index is 0. The van der Waals surface area contributed by atoms with Crippen LogP contribution >= 0.6 is 0 Å². The second-order valence-corrected chi connectivity index (χ2v) is 4.67. The second-order valence-electron chi connectivity index (χ2n) is 1.84. The van der Waals surface area contributed by atoms with Crippen LogP contribution in [0.5, 0.6) is 0 Å². The third-order valence-corrected chi connectivity index (χ3v) is 1.75. The maximum absolute atomic E-state index is 10.7. The molecule has 0 fully saturated rings. The Morgan fingerprint density at radius 3 is 0.765 bits per heavy atom. The molecule has 0 spiro atoms. The summed E-state index contributed by atoms with van der Waals surface area (Å²) in [5.41, 5.74) is -11.1. The smallest absolute Gasteiger partial charge is 0.279 e. The van der Waals surface area contributed by atoms with Crippen LogP contribution in [-0.2, 0) is 20.2 Å². The molecule has 0 aromatic heterocycles. The molecular weight excluding hydrogens is 417 g/mol. The van der Waals surface area contributed by atoms with Crippen molar-refractivity contribution in [3.63, 3.8) is 0 Å². The molecular formula is C2H6F6O6S2Sn. The van der Waals surface area contributed by atoms with Crippen LogP contribution in [0.4, 0.5) is 26.3 Å². The normalized spacial score (nSPS) is 13.2. The first-order valence-corrected chi connectivity index (χ1v) is 5.45. The summed E-state index contributed by atoms with van der Waals surface area (Å²) in [6.07, 6.45) is 0. The van der Waals surface area contributed by atoms with Crippen molar-refractivity contribution in [1.82, 2.24) is 0 Å². The summed E-state index contributed by atoms with van der Waals surface area (Å²) in [5.74, 6) is 0. The molecule has 15 heteroatoms. The van der Waals surface area contributed by atoms with E-state index < -0.39 is 31.3 Å². The zero-order chi connectivity index (χ0) is 14.0. The first-order valence-electron chi connectivity index (χ1n) is 2.57. The molecule has 2 N–H and O–H groups in total. The Labute approximate surface area is 110 Å². The van der Waals surface area contributed by atoms with E-state index in [-0.39, 0.29) is 26.8 Å². The number of rotatable bonds is 0. The molecule has 0 aliphatic carbocycles. The monoisotopic (exact) mass is 424 g/mol. The zero-order valence-corrected chi connectivity index (χ0v) is 11.6. The average molecular weight is 423 g/mol. The van der Waals surface area contributed by atoms with E-state index in [0.29, 0.717) is 0 Å². The molecule has 0 saturated heterocycles. The van der Waals surface area contributed by atoms with Crippen molar-refractivity contribution in [3.05, 3.63) is 0 Å². The summed E-state index contributed by atoms with van der Waals surface area (Å²) in [7, 11) is -11.7. The Morgan fingerprint density at radius 1 is 0.706 bits per heavy atom. The van der Waals surface area contributed by atoms with Crippen molar-refractivity contribution in [2.24, 2.45) is 0 Å². The third-order valence-electron chi connectivity index (χ3n) is 0.585. The van der Waals surface area contributed by atoms with Crippen LogP contribution in [0.1, 0.15) is 2.85 Å². The number of hydrogen-bond donors (Lipinski definition) is 2. The Kier molecular flexibility index (Phi) is 8.41. The Bertz CT molecular complexity index is 384. The standard InChI is InChI=1S/2CHF3O3S.Sn.2H2/c2*2-1(3,4)8(5,6)7;;;/h2*(H,5,6,7);;2*1H. The molecule has 0 amide bonds. The molecule has 6 nitrogen and oxygen atoms in total. The van der Waals surface area contributed by atoms with Crippen molar-refractivity contribution in [3.8, 4) is 0 Å². The van der Waals surface area contributed by atoms with E-state index in [2.05, 4.69) is 0 Å². The molecule has 0 atom stereocenters. The van der Waals surface area contributed by atoms with Crippen molar-refractivity contribution < 1.29 is 55.1 Å². The second kappa shape index (κ2) is 6.39. The predicted octanol–water partition coefficient (Wildman–Crippen LogP) is 0.899. The summed E-state index contributed by atoms with van der Waals surface area (Å²) in [5, 5.41) is 0. The number of halogens is 6. The van der Waals surface area contributed by atoms with Gasteiger partial charge in [0.2, 0.25) is 0 Å². The van der Waals surface area contributed by atoms with Crippen LogP contribution in [0.3, 0.4) is 0 Å². The molecule has 0 aliphatic heterocycles. The number of alkyl halides is 6. The molecule has 0 aromatic carbocycles. The summed E-state index contributed by atoms with van der Waals surface area (Å²) in [4.78, 5) is 0. The Balaban J connectivity index is -0.0000000594. The van der Waals surface area contributed by atoms with E-state index in [1.807, 2.05) is 0 Å². The van der Waals surface area contributed by atoms with Gasteiger partial charge in [-0.2, -0.15) is 43.2 Å². The van der Waals surface area contributed by atoms with Gasteiger partial charge in [0.15, 0.2) is 0 Å². The predicted molar refractivity (Wildman–Crippen MR) is 45.2 cm³/mol. The Hall–Kier alpha value is 0.199. The van der Waals surface area contributed by atoms with Gasteiger partial charge in [-0.15, -0.1) is 0 Å². The fourth-order valence-electron chi connectivity index (χ4n) is 0. The molecule has 108 valence electrons. The van der Waals surface area contributed by atoms with Gasteiger partial charge in [0, 0.05) is 26.8 Å². The van der Waals surface area contributed by atoms with Gasteiger partial charge >= 0.3 is 31.3 Å². The van der Waals surface area contributed by atoms with Crippen LogP contribution in [0.2, 0.25) is 0 Å². The molecule has 0 unspecified atom stereocenters. The quantitative estimate of drug-likeness (QED) is 0.260. The van der Waals surface area contributed by atoms with Gasteiger partial charge in [-0.05, 0) is 0 Å². The molecule has 0 rings (SSSR count). The van der Waals surface area contributed by atoms with Gasteiger partial charge in [-0.25, -0.2) is 0 Å². The van der Waals surface area contributed by atoms with Gasteiger partial charge in [-0.1, -0.05) is 0 Å². The van der Waals surface area contributed by atoms with Crippen LogP contribution in [0.25, 0.3) is 0 Å². The largest absolute Gasteiger partial charge is 0.522 e. The van der Waals surface area contributed by atoms with Crippen molar-refractivity contribution in [2.45, 2.75) is 11.0 Å². The SMILES string of the molecule is O=S(=O)(O)C(F)(F)F.O=S(=O)(O)C(F)(F)F.[HH].[HH].[Sn]. The average Bonchev–Trinajstić information content (AvgIpc) is 1.77. The molecule has 0 bridgehead atoms. The third kappa shape index (κ3) is 9.86. The van der Waals surface area contributed by atoms with Crippen LogP contribution < -0.4 is 0 Å². The van der Waals surface area contributed by atoms with Gasteiger partial charge in [0.05, 0.1) is 0 Å². The van der Waals surface area contributed by atoms with Crippen molar-refractivity contribution >= 4 is 44.1 Å². The van der Waals surface area contributed by atoms with Crippen molar-refractivity contribution in [2.75, 3.05) is 0 Å². The fourth-order valence-corrected chi connectivity index (χ4v) is 0. The maximum atomic E-state index is 10.7. The van der Waals surface area contributed by atoms with Crippen molar-refractivity contribution in [1.29, 1.82) is 0 Å². The summed E-state index contributed by atoms with van der Waals surface area (Å²) < 4.78 is 115. The molecule has 17 heavy (non-hydrogen) atoms. The first kappa shape index (κ1) is 22.4. The van der Waals surface area contributed by atoms with E-state index in [1.165, 1.54) is 0 Å². The van der Waals surface area contributed by atoms with Crippen LogP contribution in [-0.4, -0.2) is 60.9 Å². The zero-order valence-electron chi connectivity index (χ0n) is 7.11. The van der Waals surface area contributed by atoms with Gasteiger partial charge in [0.25, 0.3) is 0 Å². The minimum atomic E-state index is -5.84. The Morgan fingerprint density at radius 2 is 0.765 bits per heavy atom. The number of hydrogen-bond acceptors (Lipinski definition) is 4. The van der Waals surface area contributed by atoms with E-state index in [9.17, 15) is 26.3 Å². The molecule has 0 aromatic rings. The van der Waals surface area contributed by atoms with Gasteiger partial charge in [0.1, 0.15) is 0 Å².